The van der Waals surface area contributed by atoms with Crippen LogP contribution in [-0.4, -0.2) is 23.0 Å². The van der Waals surface area contributed by atoms with Crippen molar-refractivity contribution >= 4 is 34.1 Å². The molecule has 3 rings (SSSR count). The Kier molecular flexibility index (Phi) is 6.91. The van der Waals surface area contributed by atoms with Crippen molar-refractivity contribution in [1.82, 2.24) is 10.3 Å². The number of nitrogens with one attached hydrogen (secondary N) is 3. The Hall–Kier alpha value is -2.55. The molecule has 0 aliphatic heterocycles. The number of urea groups is 1. The second-order valence-corrected chi connectivity index (χ2v) is 7.61. The number of amides is 3. The van der Waals surface area contributed by atoms with Crippen molar-refractivity contribution in [2.75, 3.05) is 10.6 Å². The quantitative estimate of drug-likeness (QED) is 0.660. The van der Waals surface area contributed by atoms with E-state index in [1.807, 2.05) is 0 Å². The first kappa shape index (κ1) is 20.2. The van der Waals surface area contributed by atoms with Gasteiger partial charge in [0, 0.05) is 29.6 Å². The molecule has 0 radical (unpaired) electrons. The highest BCUT2D eigenvalue weighted by atomic mass is 32.1. The molecule has 2 aromatic rings. The first-order chi connectivity index (χ1) is 13.5. The van der Waals surface area contributed by atoms with E-state index in [4.69, 9.17) is 0 Å². The molecule has 9 heteroatoms. The lowest BCUT2D eigenvalue weighted by atomic mass is 9.96. The summed E-state index contributed by atoms with van der Waals surface area (Å²) in [5.74, 6) is -2.31. The van der Waals surface area contributed by atoms with Crippen LogP contribution in [0.1, 0.15) is 44.2 Å². The maximum Gasteiger partial charge on any atom is 0.321 e. The predicted octanol–water partition coefficient (Wildman–Crippen LogP) is 4.45. The highest BCUT2D eigenvalue weighted by Crippen LogP contribution is 2.19. The molecule has 3 N–H and O–H groups in total. The summed E-state index contributed by atoms with van der Waals surface area (Å²) in [6.07, 6.45) is 6.01. The smallest absolute Gasteiger partial charge is 0.321 e. The number of hydrogen-bond acceptors (Lipinski definition) is 4. The zero-order valence-electron chi connectivity index (χ0n) is 15.3. The maximum atomic E-state index is 13.2. The second kappa shape index (κ2) is 9.59. The van der Waals surface area contributed by atoms with E-state index in [9.17, 15) is 18.4 Å². The fourth-order valence-electron chi connectivity index (χ4n) is 3.08. The molecule has 1 aliphatic rings. The highest BCUT2D eigenvalue weighted by molar-refractivity contribution is 7.13. The first-order valence-corrected chi connectivity index (χ1v) is 10.1. The average molecular weight is 408 g/mol. The predicted molar refractivity (Wildman–Crippen MR) is 104 cm³/mol. The molecule has 28 heavy (non-hydrogen) atoms. The molecule has 1 aromatic carbocycles. The fraction of sp³-hybridized carbons (Fsp3) is 0.421. The Morgan fingerprint density at radius 2 is 1.89 bits per heavy atom. The van der Waals surface area contributed by atoms with Gasteiger partial charge in [-0.05, 0) is 31.4 Å². The van der Waals surface area contributed by atoms with Gasteiger partial charge in [-0.1, -0.05) is 19.3 Å². The van der Waals surface area contributed by atoms with Crippen LogP contribution >= 0.6 is 11.3 Å². The van der Waals surface area contributed by atoms with Crippen LogP contribution in [0.3, 0.4) is 0 Å². The number of anilines is 2. The zero-order valence-corrected chi connectivity index (χ0v) is 16.1. The minimum atomic E-state index is -1.01. The van der Waals surface area contributed by atoms with Crippen molar-refractivity contribution in [1.29, 1.82) is 0 Å². The van der Waals surface area contributed by atoms with Gasteiger partial charge in [-0.2, -0.15) is 0 Å². The van der Waals surface area contributed by atoms with Crippen molar-refractivity contribution in [2.24, 2.45) is 0 Å². The number of benzene rings is 1. The van der Waals surface area contributed by atoms with E-state index in [1.165, 1.54) is 23.8 Å². The van der Waals surface area contributed by atoms with Crippen LogP contribution in [0, 0.1) is 11.6 Å². The lowest BCUT2D eigenvalue weighted by molar-refractivity contribution is -0.116. The third-order valence-corrected chi connectivity index (χ3v) is 5.33. The molecule has 1 fully saturated rings. The molecule has 1 aromatic heterocycles. The number of nitrogens with zero attached hydrogens (tertiary/aromatic N) is 1. The Bertz CT molecular complexity index is 837. The number of halogens is 2. The summed E-state index contributed by atoms with van der Waals surface area (Å²) >= 11 is 1.29. The number of aryl methyl sites for hydroxylation is 1. The SMILES string of the molecule is O=C(CCc1csc(NC(=O)NC2CCCCC2)n1)Nc1ccc(F)c(F)c1. The van der Waals surface area contributed by atoms with E-state index >= 15 is 0 Å². The number of thiazole rings is 1. The molecular weight excluding hydrogens is 386 g/mol. The average Bonchev–Trinajstić information content (AvgIpc) is 3.11. The molecule has 0 bridgehead atoms. The number of hydrogen-bond donors (Lipinski definition) is 3. The van der Waals surface area contributed by atoms with Gasteiger partial charge < -0.3 is 10.6 Å². The third-order valence-electron chi connectivity index (χ3n) is 4.52. The van der Waals surface area contributed by atoms with E-state index in [2.05, 4.69) is 20.9 Å². The Labute approximate surface area is 165 Å². The molecule has 1 saturated carbocycles. The molecule has 0 atom stereocenters. The zero-order chi connectivity index (χ0) is 19.9. The van der Waals surface area contributed by atoms with Gasteiger partial charge in [0.15, 0.2) is 16.8 Å². The van der Waals surface area contributed by atoms with Crippen LogP contribution in [-0.2, 0) is 11.2 Å². The van der Waals surface area contributed by atoms with Gasteiger partial charge in [-0.15, -0.1) is 11.3 Å². The minimum absolute atomic E-state index is 0.135. The number of carbonyl (C=O) groups is 2. The van der Waals surface area contributed by atoms with Gasteiger partial charge in [0.2, 0.25) is 5.91 Å². The highest BCUT2D eigenvalue weighted by Gasteiger charge is 2.16. The van der Waals surface area contributed by atoms with Gasteiger partial charge >= 0.3 is 6.03 Å². The molecule has 0 spiro atoms. The maximum absolute atomic E-state index is 13.2. The molecular formula is C19H22F2N4O2S. The summed E-state index contributed by atoms with van der Waals surface area (Å²) in [6.45, 7) is 0. The standard InChI is InChI=1S/C19H22F2N4O2S/c20-15-8-6-13(10-16(15)21)22-17(26)9-7-14-11-28-19(24-14)25-18(27)23-12-4-2-1-3-5-12/h6,8,10-12H,1-5,7,9H2,(H,22,26)(H2,23,24,25,27). The van der Waals surface area contributed by atoms with Crippen LogP contribution in [0.5, 0.6) is 0 Å². The molecule has 1 heterocycles. The van der Waals surface area contributed by atoms with Crippen molar-refractivity contribution in [2.45, 2.75) is 51.0 Å². The molecule has 0 unspecified atom stereocenters. The lowest BCUT2D eigenvalue weighted by Crippen LogP contribution is -2.38. The summed E-state index contributed by atoms with van der Waals surface area (Å²) < 4.78 is 26.1. The topological polar surface area (TPSA) is 83.1 Å². The van der Waals surface area contributed by atoms with E-state index in [0.717, 1.165) is 37.8 Å². The Morgan fingerprint density at radius 3 is 2.64 bits per heavy atom. The normalized spacial score (nSPS) is 14.5. The summed E-state index contributed by atoms with van der Waals surface area (Å²) in [7, 11) is 0. The molecule has 150 valence electrons. The van der Waals surface area contributed by atoms with Gasteiger partial charge in [-0.3, -0.25) is 10.1 Å². The van der Waals surface area contributed by atoms with E-state index in [1.54, 1.807) is 5.38 Å². The first-order valence-electron chi connectivity index (χ1n) is 9.26. The van der Waals surface area contributed by atoms with Crippen LogP contribution in [0.2, 0.25) is 0 Å². The second-order valence-electron chi connectivity index (χ2n) is 6.75. The molecule has 3 amide bonds. The summed E-state index contributed by atoms with van der Waals surface area (Å²) in [5.41, 5.74) is 0.877. The van der Waals surface area contributed by atoms with E-state index < -0.39 is 11.6 Å². The van der Waals surface area contributed by atoms with E-state index in [0.29, 0.717) is 17.2 Å². The number of rotatable bonds is 6. The van der Waals surface area contributed by atoms with Crippen molar-refractivity contribution in [3.8, 4) is 0 Å². The van der Waals surface area contributed by atoms with Crippen LogP contribution in [0.4, 0.5) is 24.4 Å². The van der Waals surface area contributed by atoms with Crippen LogP contribution in [0.15, 0.2) is 23.6 Å². The minimum Gasteiger partial charge on any atom is -0.335 e. The summed E-state index contributed by atoms with van der Waals surface area (Å²) in [4.78, 5) is 28.3. The van der Waals surface area contributed by atoms with Gasteiger partial charge in [0.25, 0.3) is 0 Å². The Balaban J connectivity index is 1.42. The molecule has 1 aliphatic carbocycles. The van der Waals surface area contributed by atoms with Crippen molar-refractivity contribution in [3.63, 3.8) is 0 Å². The summed E-state index contributed by atoms with van der Waals surface area (Å²) in [5, 5.41) is 10.5. The van der Waals surface area contributed by atoms with E-state index in [-0.39, 0.29) is 30.1 Å². The van der Waals surface area contributed by atoms with Crippen molar-refractivity contribution < 1.29 is 18.4 Å². The lowest BCUT2D eigenvalue weighted by Gasteiger charge is -2.22. The van der Waals surface area contributed by atoms with Gasteiger partial charge in [0.05, 0.1) is 5.69 Å². The van der Waals surface area contributed by atoms with Crippen LogP contribution < -0.4 is 16.0 Å². The van der Waals surface area contributed by atoms with Gasteiger partial charge in [0.1, 0.15) is 0 Å². The summed E-state index contributed by atoms with van der Waals surface area (Å²) in [6, 6.07) is 3.15. The largest absolute Gasteiger partial charge is 0.335 e. The van der Waals surface area contributed by atoms with Crippen LogP contribution in [0.25, 0.3) is 0 Å². The molecule has 6 nitrogen and oxygen atoms in total. The van der Waals surface area contributed by atoms with Gasteiger partial charge in [-0.25, -0.2) is 18.6 Å². The third kappa shape index (κ3) is 5.98. The molecule has 0 saturated heterocycles. The number of carbonyl (C=O) groups excluding carboxylic acids is 2. The number of aromatic nitrogens is 1. The van der Waals surface area contributed by atoms with Crippen molar-refractivity contribution in [3.05, 3.63) is 40.9 Å². The fourth-order valence-corrected chi connectivity index (χ4v) is 3.82. The Morgan fingerprint density at radius 1 is 1.11 bits per heavy atom. The monoisotopic (exact) mass is 408 g/mol.